The minimum atomic E-state index is -0.413. The molecule has 1 amide bonds. The van der Waals surface area contributed by atoms with E-state index in [1.807, 2.05) is 41.1 Å². The quantitative estimate of drug-likeness (QED) is 0.436. The maximum atomic E-state index is 12.3. The average molecular weight is 414 g/mol. The highest BCUT2D eigenvalue weighted by Gasteiger charge is 2.26. The number of fused-ring (bicyclic) bond motifs is 1. The zero-order valence-corrected chi connectivity index (χ0v) is 16.4. The molecule has 1 aromatic heterocycles. The number of carbonyl (C=O) groups is 1. The molecule has 1 aliphatic heterocycles. The number of halogens is 1. The van der Waals surface area contributed by atoms with E-state index in [2.05, 4.69) is 0 Å². The largest absolute Gasteiger partial charge is 0.445 e. The van der Waals surface area contributed by atoms with Crippen LogP contribution < -0.4 is 0 Å². The number of ether oxygens (including phenoxy) is 1. The number of carbonyl (C=O) groups excluding carboxylic acids is 1. The van der Waals surface area contributed by atoms with E-state index in [1.54, 1.807) is 17.0 Å². The third-order valence-corrected chi connectivity index (χ3v) is 5.52. The number of aromatic nitrogens is 1. The van der Waals surface area contributed by atoms with E-state index in [0.717, 1.165) is 23.9 Å². The number of benzene rings is 2. The summed E-state index contributed by atoms with van der Waals surface area (Å²) in [5, 5.41) is 12.2. The van der Waals surface area contributed by atoms with E-state index in [-0.39, 0.29) is 24.4 Å². The summed E-state index contributed by atoms with van der Waals surface area (Å²) in [7, 11) is 0. The van der Waals surface area contributed by atoms with Gasteiger partial charge in [0.25, 0.3) is 5.69 Å². The first-order chi connectivity index (χ1) is 14.0. The number of amides is 1. The molecular weight excluding hydrogens is 394 g/mol. The van der Waals surface area contributed by atoms with Crippen molar-refractivity contribution >= 4 is 34.3 Å². The second kappa shape index (κ2) is 8.13. The van der Waals surface area contributed by atoms with Gasteiger partial charge in [0, 0.05) is 36.4 Å². The zero-order valence-electron chi connectivity index (χ0n) is 15.7. The minimum Gasteiger partial charge on any atom is -0.445 e. The maximum Gasteiger partial charge on any atom is 0.410 e. The summed E-state index contributed by atoms with van der Waals surface area (Å²) in [6.07, 6.45) is 3.03. The standard InChI is InChI=1S/C21H20ClN3O4/c22-16-12-19-18(20(13-16)25(27)28)8-11-24(19)17-6-9-23(10-7-17)21(26)29-14-15-4-2-1-3-5-15/h1-5,8,11-13,17H,6-7,9-10,14H2. The summed E-state index contributed by atoms with van der Waals surface area (Å²) >= 11 is 6.10. The Kier molecular flexibility index (Phi) is 5.40. The molecule has 8 heteroatoms. The molecule has 3 aromatic rings. The van der Waals surface area contributed by atoms with Gasteiger partial charge in [-0.25, -0.2) is 4.79 Å². The molecule has 1 saturated heterocycles. The van der Waals surface area contributed by atoms with Crippen LogP contribution in [0.25, 0.3) is 10.9 Å². The van der Waals surface area contributed by atoms with E-state index in [9.17, 15) is 14.9 Å². The molecule has 4 rings (SSSR count). The molecule has 2 heterocycles. The number of nitro groups is 1. The fraction of sp³-hybridized carbons (Fsp3) is 0.286. The van der Waals surface area contributed by atoms with Gasteiger partial charge in [0.15, 0.2) is 0 Å². The number of nitro benzene ring substituents is 1. The lowest BCUT2D eigenvalue weighted by Gasteiger charge is -2.32. The van der Waals surface area contributed by atoms with Crippen molar-refractivity contribution in [1.29, 1.82) is 0 Å². The van der Waals surface area contributed by atoms with Gasteiger partial charge >= 0.3 is 6.09 Å². The third-order valence-electron chi connectivity index (χ3n) is 5.30. The molecule has 0 N–H and O–H groups in total. The van der Waals surface area contributed by atoms with Gasteiger partial charge in [-0.3, -0.25) is 10.1 Å². The van der Waals surface area contributed by atoms with Crippen LogP contribution in [0.3, 0.4) is 0 Å². The molecule has 0 unspecified atom stereocenters. The van der Waals surface area contributed by atoms with Gasteiger partial charge in [-0.15, -0.1) is 0 Å². The van der Waals surface area contributed by atoms with Gasteiger partial charge in [-0.2, -0.15) is 0 Å². The van der Waals surface area contributed by atoms with Gasteiger partial charge in [-0.05, 0) is 30.5 Å². The van der Waals surface area contributed by atoms with Crippen LogP contribution in [-0.4, -0.2) is 33.6 Å². The molecule has 0 aliphatic carbocycles. The number of hydrogen-bond acceptors (Lipinski definition) is 4. The monoisotopic (exact) mass is 413 g/mol. The van der Waals surface area contributed by atoms with E-state index in [4.69, 9.17) is 16.3 Å². The molecule has 0 atom stereocenters. The van der Waals surface area contributed by atoms with Crippen LogP contribution in [0, 0.1) is 10.1 Å². The summed E-state index contributed by atoms with van der Waals surface area (Å²) in [6, 6.07) is 14.6. The molecule has 0 radical (unpaired) electrons. The first-order valence-corrected chi connectivity index (χ1v) is 9.81. The Morgan fingerprint density at radius 1 is 1.17 bits per heavy atom. The number of likely N-dealkylation sites (tertiary alicyclic amines) is 1. The van der Waals surface area contributed by atoms with E-state index < -0.39 is 4.92 Å². The van der Waals surface area contributed by atoms with Crippen LogP contribution in [0.4, 0.5) is 10.5 Å². The van der Waals surface area contributed by atoms with Crippen LogP contribution >= 0.6 is 11.6 Å². The van der Waals surface area contributed by atoms with E-state index in [0.29, 0.717) is 23.5 Å². The fourth-order valence-electron chi connectivity index (χ4n) is 3.82. The lowest BCUT2D eigenvalue weighted by atomic mass is 10.0. The first kappa shape index (κ1) is 19.3. The topological polar surface area (TPSA) is 77.6 Å². The molecule has 150 valence electrons. The van der Waals surface area contributed by atoms with Crippen LogP contribution in [0.15, 0.2) is 54.7 Å². The van der Waals surface area contributed by atoms with Crippen molar-refractivity contribution in [3.63, 3.8) is 0 Å². The normalized spacial score (nSPS) is 14.9. The minimum absolute atomic E-state index is 0.00757. The van der Waals surface area contributed by atoms with Gasteiger partial charge in [0.05, 0.1) is 15.8 Å². The van der Waals surface area contributed by atoms with E-state index >= 15 is 0 Å². The SMILES string of the molecule is O=C(OCc1ccccc1)N1CCC(n2ccc3c([N+](=O)[O-])cc(Cl)cc32)CC1. The number of piperidine rings is 1. The second-order valence-corrected chi connectivity index (χ2v) is 7.53. The molecule has 7 nitrogen and oxygen atoms in total. The molecule has 0 saturated carbocycles. The predicted molar refractivity (Wildman–Crippen MR) is 110 cm³/mol. The molecule has 0 spiro atoms. The fourth-order valence-corrected chi connectivity index (χ4v) is 4.02. The number of nitrogens with zero attached hydrogens (tertiary/aromatic N) is 3. The van der Waals surface area contributed by atoms with Gasteiger partial charge in [-0.1, -0.05) is 41.9 Å². The van der Waals surface area contributed by atoms with Crippen molar-refractivity contribution < 1.29 is 14.5 Å². The summed E-state index contributed by atoms with van der Waals surface area (Å²) in [6.45, 7) is 1.39. The Morgan fingerprint density at radius 2 is 1.90 bits per heavy atom. The van der Waals surface area contributed by atoms with Crippen molar-refractivity contribution in [3.8, 4) is 0 Å². The Hall–Kier alpha value is -3.06. The Labute approximate surface area is 172 Å². The average Bonchev–Trinajstić information content (AvgIpc) is 3.15. The highest BCUT2D eigenvalue weighted by Crippen LogP contribution is 2.34. The van der Waals surface area contributed by atoms with Crippen LogP contribution in [0.2, 0.25) is 5.02 Å². The van der Waals surface area contributed by atoms with Crippen molar-refractivity contribution in [2.24, 2.45) is 0 Å². The van der Waals surface area contributed by atoms with Gasteiger partial charge in [0.1, 0.15) is 6.61 Å². The summed E-state index contributed by atoms with van der Waals surface area (Å²) in [4.78, 5) is 25.0. The summed E-state index contributed by atoms with van der Waals surface area (Å²) in [5.74, 6) is 0. The van der Waals surface area contributed by atoms with Crippen LogP contribution in [0.1, 0.15) is 24.4 Å². The van der Waals surface area contributed by atoms with Crippen molar-refractivity contribution in [3.05, 3.63) is 75.4 Å². The summed E-state index contributed by atoms with van der Waals surface area (Å²) in [5.41, 5.74) is 1.70. The zero-order chi connectivity index (χ0) is 20.4. The lowest BCUT2D eigenvalue weighted by Crippen LogP contribution is -2.39. The lowest BCUT2D eigenvalue weighted by molar-refractivity contribution is -0.383. The number of hydrogen-bond donors (Lipinski definition) is 0. The third kappa shape index (κ3) is 4.05. The van der Waals surface area contributed by atoms with Crippen molar-refractivity contribution in [2.45, 2.75) is 25.5 Å². The first-order valence-electron chi connectivity index (χ1n) is 9.43. The Bertz CT molecular complexity index is 1040. The molecule has 0 bridgehead atoms. The smallest absolute Gasteiger partial charge is 0.410 e. The maximum absolute atomic E-state index is 12.3. The van der Waals surface area contributed by atoms with Crippen LogP contribution in [-0.2, 0) is 11.3 Å². The van der Waals surface area contributed by atoms with Crippen molar-refractivity contribution in [1.82, 2.24) is 9.47 Å². The molecule has 2 aromatic carbocycles. The molecule has 29 heavy (non-hydrogen) atoms. The van der Waals surface area contributed by atoms with Crippen molar-refractivity contribution in [2.75, 3.05) is 13.1 Å². The van der Waals surface area contributed by atoms with E-state index in [1.165, 1.54) is 6.07 Å². The molecule has 1 aliphatic rings. The summed E-state index contributed by atoms with van der Waals surface area (Å²) < 4.78 is 7.44. The molecular formula is C21H20ClN3O4. The Morgan fingerprint density at radius 3 is 2.59 bits per heavy atom. The predicted octanol–water partition coefficient (Wildman–Crippen LogP) is 5.18. The molecule has 1 fully saturated rings. The van der Waals surface area contributed by atoms with Gasteiger partial charge < -0.3 is 14.2 Å². The highest BCUT2D eigenvalue weighted by atomic mass is 35.5. The van der Waals surface area contributed by atoms with Crippen LogP contribution in [0.5, 0.6) is 0 Å². The highest BCUT2D eigenvalue weighted by molar-refractivity contribution is 6.31. The van der Waals surface area contributed by atoms with Gasteiger partial charge in [0.2, 0.25) is 0 Å². The number of non-ortho nitro benzene ring substituents is 1. The second-order valence-electron chi connectivity index (χ2n) is 7.10. The Balaban J connectivity index is 1.42. The number of rotatable bonds is 4.